The van der Waals surface area contributed by atoms with Crippen molar-refractivity contribution in [2.45, 2.75) is 11.4 Å². The molecule has 150 valence electrons. The number of likely N-dealkylation sites (N-methyl/N-ethyl adjacent to an activating group) is 2. The van der Waals surface area contributed by atoms with Gasteiger partial charge in [0.1, 0.15) is 5.75 Å². The first-order valence-electron chi connectivity index (χ1n) is 8.90. The van der Waals surface area contributed by atoms with Gasteiger partial charge in [-0.3, -0.25) is 14.5 Å². The Morgan fingerprint density at radius 3 is 2.43 bits per heavy atom. The molecule has 0 saturated carbocycles. The van der Waals surface area contributed by atoms with Crippen LogP contribution in [0.3, 0.4) is 0 Å². The molecule has 6 nitrogen and oxygen atoms in total. The number of methoxy groups -OCH3 is 1. The Balaban J connectivity index is 1.81. The van der Waals surface area contributed by atoms with Gasteiger partial charge in [0.15, 0.2) is 0 Å². The number of carbonyl (C=O) groups excluding carboxylic acids is 2. The Morgan fingerprint density at radius 2 is 1.79 bits per heavy atom. The fraction of sp³-hybridized carbons (Fsp3) is 0.333. The molecule has 2 amide bonds. The number of amides is 2. The minimum atomic E-state index is -0.251. The third-order valence-corrected chi connectivity index (χ3v) is 4.92. The normalized spacial score (nSPS) is 10.6. The molecule has 0 aliphatic carbocycles. The molecule has 0 aromatic heterocycles. The number of ether oxygens (including phenoxy) is 1. The Bertz CT molecular complexity index is 796. The second-order valence-electron chi connectivity index (χ2n) is 6.55. The monoisotopic (exact) mass is 401 g/mol. The van der Waals surface area contributed by atoms with Crippen LogP contribution in [0.25, 0.3) is 0 Å². The molecule has 1 N–H and O–H groups in total. The predicted octanol–water partition coefficient (Wildman–Crippen LogP) is 2.95. The molecule has 0 aliphatic rings. The van der Waals surface area contributed by atoms with Crippen molar-refractivity contribution in [2.24, 2.45) is 0 Å². The van der Waals surface area contributed by atoms with Crippen LogP contribution in [0.4, 0.5) is 5.69 Å². The van der Waals surface area contributed by atoms with Crippen molar-refractivity contribution >= 4 is 29.3 Å². The van der Waals surface area contributed by atoms with Crippen LogP contribution in [0.1, 0.15) is 5.56 Å². The minimum absolute atomic E-state index is 0.00764. The molecule has 7 heteroatoms. The van der Waals surface area contributed by atoms with Crippen molar-refractivity contribution in [1.29, 1.82) is 0 Å². The average Bonchev–Trinajstić information content (AvgIpc) is 2.68. The van der Waals surface area contributed by atoms with Crippen LogP contribution in [0.2, 0.25) is 0 Å². The highest BCUT2D eigenvalue weighted by Crippen LogP contribution is 2.17. The van der Waals surface area contributed by atoms with Crippen LogP contribution in [0.15, 0.2) is 53.4 Å². The summed E-state index contributed by atoms with van der Waals surface area (Å²) in [7, 11) is 5.10. The van der Waals surface area contributed by atoms with E-state index in [1.165, 1.54) is 9.80 Å². The van der Waals surface area contributed by atoms with Gasteiger partial charge in [0.25, 0.3) is 0 Å². The van der Waals surface area contributed by atoms with E-state index in [4.69, 9.17) is 4.74 Å². The number of carbonyl (C=O) groups is 2. The molecule has 0 saturated heterocycles. The first-order chi connectivity index (χ1) is 13.4. The van der Waals surface area contributed by atoms with Crippen molar-refractivity contribution in [1.82, 2.24) is 9.80 Å². The van der Waals surface area contributed by atoms with Crippen molar-refractivity contribution in [3.05, 3.63) is 54.1 Å². The molecule has 28 heavy (non-hydrogen) atoms. The molecular formula is C21H27N3O3S. The van der Waals surface area contributed by atoms with E-state index in [1.807, 2.05) is 18.2 Å². The summed E-state index contributed by atoms with van der Waals surface area (Å²) in [6, 6.07) is 15.4. The van der Waals surface area contributed by atoms with E-state index in [0.717, 1.165) is 5.56 Å². The summed E-state index contributed by atoms with van der Waals surface area (Å²) in [4.78, 5) is 29.2. The fourth-order valence-electron chi connectivity index (χ4n) is 2.66. The summed E-state index contributed by atoms with van der Waals surface area (Å²) in [5.41, 5.74) is 1.78. The maximum atomic E-state index is 12.4. The number of hydrogen-bond acceptors (Lipinski definition) is 5. The van der Waals surface area contributed by atoms with Crippen molar-refractivity contribution in [3.8, 4) is 5.75 Å². The van der Waals surface area contributed by atoms with Gasteiger partial charge in [-0.25, -0.2) is 0 Å². The molecule has 0 radical (unpaired) electrons. The van der Waals surface area contributed by atoms with Crippen molar-refractivity contribution in [3.63, 3.8) is 0 Å². The Hall–Kier alpha value is -2.51. The number of rotatable bonds is 9. The fourth-order valence-corrected chi connectivity index (χ4v) is 3.06. The van der Waals surface area contributed by atoms with Gasteiger partial charge in [0.05, 0.1) is 20.2 Å². The number of nitrogens with zero attached hydrogens (tertiary/aromatic N) is 2. The van der Waals surface area contributed by atoms with E-state index >= 15 is 0 Å². The SMILES string of the molecule is COc1cccc(NC(=O)CN(C)C(=O)CN(C)Cc2ccc(SC)cc2)c1. The molecule has 2 rings (SSSR count). The maximum absolute atomic E-state index is 12.4. The molecule has 0 bridgehead atoms. The molecule has 2 aromatic rings. The molecule has 0 heterocycles. The number of benzene rings is 2. The highest BCUT2D eigenvalue weighted by Gasteiger charge is 2.15. The average molecular weight is 402 g/mol. The molecular weight excluding hydrogens is 374 g/mol. The lowest BCUT2D eigenvalue weighted by Gasteiger charge is -2.21. The van der Waals surface area contributed by atoms with Gasteiger partial charge in [-0.15, -0.1) is 11.8 Å². The topological polar surface area (TPSA) is 61.9 Å². The molecule has 2 aromatic carbocycles. The maximum Gasteiger partial charge on any atom is 0.243 e. The standard InChI is InChI=1S/C21H27N3O3S/c1-23(13-16-8-10-19(28-4)11-9-16)15-21(26)24(2)14-20(25)22-17-6-5-7-18(12-17)27-3/h5-12H,13-15H2,1-4H3,(H,22,25). The Kier molecular flexibility index (Phi) is 8.35. The second kappa shape index (κ2) is 10.7. The highest BCUT2D eigenvalue weighted by atomic mass is 32.2. The van der Waals surface area contributed by atoms with Crippen LogP contribution in [0, 0.1) is 0 Å². The summed E-state index contributed by atoms with van der Waals surface area (Å²) >= 11 is 1.70. The van der Waals surface area contributed by atoms with Crippen LogP contribution in [-0.4, -0.2) is 62.2 Å². The number of hydrogen-bond donors (Lipinski definition) is 1. The third-order valence-electron chi connectivity index (χ3n) is 4.18. The molecule has 0 fully saturated rings. The first-order valence-corrected chi connectivity index (χ1v) is 10.1. The predicted molar refractivity (Wildman–Crippen MR) is 114 cm³/mol. The van der Waals surface area contributed by atoms with Gasteiger partial charge in [-0.05, 0) is 43.1 Å². The van der Waals surface area contributed by atoms with Gasteiger partial charge in [-0.2, -0.15) is 0 Å². The van der Waals surface area contributed by atoms with E-state index in [1.54, 1.807) is 50.2 Å². The summed E-state index contributed by atoms with van der Waals surface area (Å²) in [5, 5.41) is 2.78. The molecule has 0 unspecified atom stereocenters. The zero-order valence-corrected chi connectivity index (χ0v) is 17.6. The Labute approximate surface area is 170 Å². The van der Waals surface area contributed by atoms with E-state index in [-0.39, 0.29) is 24.9 Å². The third kappa shape index (κ3) is 6.90. The van der Waals surface area contributed by atoms with Crippen LogP contribution in [-0.2, 0) is 16.1 Å². The number of nitrogens with one attached hydrogen (secondary N) is 1. The first kappa shape index (κ1) is 21.8. The number of anilines is 1. The molecule has 0 atom stereocenters. The highest BCUT2D eigenvalue weighted by molar-refractivity contribution is 7.98. The molecule has 0 aliphatic heterocycles. The van der Waals surface area contributed by atoms with E-state index < -0.39 is 0 Å². The van der Waals surface area contributed by atoms with Gasteiger partial charge < -0.3 is 15.0 Å². The zero-order chi connectivity index (χ0) is 20.5. The molecule has 0 spiro atoms. The van der Waals surface area contributed by atoms with Crippen LogP contribution in [0.5, 0.6) is 5.75 Å². The van der Waals surface area contributed by atoms with E-state index in [9.17, 15) is 9.59 Å². The van der Waals surface area contributed by atoms with Crippen molar-refractivity contribution in [2.75, 3.05) is 45.9 Å². The van der Waals surface area contributed by atoms with Crippen molar-refractivity contribution < 1.29 is 14.3 Å². The van der Waals surface area contributed by atoms with Crippen LogP contribution < -0.4 is 10.1 Å². The lowest BCUT2D eigenvalue weighted by atomic mass is 10.2. The van der Waals surface area contributed by atoms with Gasteiger partial charge >= 0.3 is 0 Å². The lowest BCUT2D eigenvalue weighted by molar-refractivity contribution is -0.134. The van der Waals surface area contributed by atoms with Crippen LogP contribution >= 0.6 is 11.8 Å². The van der Waals surface area contributed by atoms with Gasteiger partial charge in [0, 0.05) is 30.2 Å². The Morgan fingerprint density at radius 1 is 1.07 bits per heavy atom. The minimum Gasteiger partial charge on any atom is -0.497 e. The smallest absolute Gasteiger partial charge is 0.243 e. The quantitative estimate of drug-likeness (QED) is 0.655. The van der Waals surface area contributed by atoms with E-state index in [0.29, 0.717) is 18.0 Å². The number of thioether (sulfide) groups is 1. The summed E-state index contributed by atoms with van der Waals surface area (Å²) in [6.45, 7) is 0.907. The van der Waals surface area contributed by atoms with E-state index in [2.05, 4.69) is 29.6 Å². The largest absolute Gasteiger partial charge is 0.497 e. The van der Waals surface area contributed by atoms with Gasteiger partial charge in [-0.1, -0.05) is 18.2 Å². The summed E-state index contributed by atoms with van der Waals surface area (Å²) < 4.78 is 5.14. The zero-order valence-electron chi connectivity index (χ0n) is 16.8. The summed E-state index contributed by atoms with van der Waals surface area (Å²) in [5.74, 6) is 0.304. The lowest BCUT2D eigenvalue weighted by Crippen LogP contribution is -2.40. The van der Waals surface area contributed by atoms with Gasteiger partial charge in [0.2, 0.25) is 11.8 Å². The summed E-state index contributed by atoms with van der Waals surface area (Å²) in [6.07, 6.45) is 2.04. The second-order valence-corrected chi connectivity index (χ2v) is 7.43.